The fourth-order valence-electron chi connectivity index (χ4n) is 4.11. The first-order chi connectivity index (χ1) is 15.0. The van der Waals surface area contributed by atoms with Crippen molar-refractivity contribution in [2.24, 2.45) is 13.0 Å². The average molecular weight is 463 g/mol. The summed E-state index contributed by atoms with van der Waals surface area (Å²) in [5.41, 5.74) is 7.84. The largest absolute Gasteiger partial charge is 0.382 e. The Balaban J connectivity index is 1.76. The number of rotatable bonds is 5. The number of fused-ring (bicyclic) bond motifs is 1. The molecule has 1 fully saturated rings. The fourth-order valence-corrected chi connectivity index (χ4v) is 4.94. The SMILES string of the molecule is CC(C)C(C)n1cc(-c2cc(N3CCN(S(C)(=O)=O)CC3)n(C)n2)c2[nH]nc(N)c2c1=O. The van der Waals surface area contributed by atoms with Crippen molar-refractivity contribution >= 4 is 32.6 Å². The summed E-state index contributed by atoms with van der Waals surface area (Å²) in [6.07, 6.45) is 3.06. The highest BCUT2D eigenvalue weighted by Gasteiger charge is 2.26. The fraction of sp³-hybridized carbons (Fsp3) is 0.550. The van der Waals surface area contributed by atoms with Crippen LogP contribution in [0.3, 0.4) is 0 Å². The number of piperazine rings is 1. The highest BCUT2D eigenvalue weighted by Crippen LogP contribution is 2.31. The second kappa shape index (κ2) is 7.93. The molecule has 0 amide bonds. The highest BCUT2D eigenvalue weighted by molar-refractivity contribution is 7.88. The van der Waals surface area contributed by atoms with Crippen LogP contribution in [0.15, 0.2) is 17.1 Å². The van der Waals surface area contributed by atoms with E-state index in [9.17, 15) is 13.2 Å². The molecule has 12 heteroatoms. The normalized spacial score (nSPS) is 16.9. The van der Waals surface area contributed by atoms with E-state index in [-0.39, 0.29) is 23.3 Å². The Morgan fingerprint density at radius 3 is 2.41 bits per heavy atom. The lowest BCUT2D eigenvalue weighted by Crippen LogP contribution is -2.48. The predicted octanol–water partition coefficient (Wildman–Crippen LogP) is 1.01. The summed E-state index contributed by atoms with van der Waals surface area (Å²) in [7, 11) is -1.34. The van der Waals surface area contributed by atoms with E-state index in [0.29, 0.717) is 42.8 Å². The van der Waals surface area contributed by atoms with E-state index in [2.05, 4.69) is 28.9 Å². The van der Waals surface area contributed by atoms with Crippen LogP contribution >= 0.6 is 0 Å². The molecule has 1 aliphatic rings. The van der Waals surface area contributed by atoms with E-state index in [1.807, 2.05) is 26.2 Å². The maximum atomic E-state index is 13.1. The Kier molecular flexibility index (Phi) is 5.53. The summed E-state index contributed by atoms with van der Waals surface area (Å²) < 4.78 is 28.6. The molecule has 1 aliphatic heterocycles. The second-order valence-electron chi connectivity index (χ2n) is 8.76. The van der Waals surface area contributed by atoms with Crippen molar-refractivity contribution < 1.29 is 8.42 Å². The van der Waals surface area contributed by atoms with Crippen LogP contribution in [-0.2, 0) is 17.1 Å². The number of nitrogens with one attached hydrogen (secondary N) is 1. The smallest absolute Gasteiger partial charge is 0.264 e. The second-order valence-corrected chi connectivity index (χ2v) is 10.7. The lowest BCUT2D eigenvalue weighted by molar-refractivity contribution is 0.385. The molecule has 4 rings (SSSR count). The van der Waals surface area contributed by atoms with Gasteiger partial charge in [-0.15, -0.1) is 0 Å². The molecule has 0 aliphatic carbocycles. The van der Waals surface area contributed by atoms with E-state index >= 15 is 0 Å². The lowest BCUT2D eigenvalue weighted by atomic mass is 10.0. The number of H-pyrrole nitrogens is 1. The van der Waals surface area contributed by atoms with E-state index in [4.69, 9.17) is 10.8 Å². The number of nitrogens with two attached hydrogens (primary N) is 1. The van der Waals surface area contributed by atoms with Crippen molar-refractivity contribution in [2.45, 2.75) is 26.8 Å². The van der Waals surface area contributed by atoms with Gasteiger partial charge in [0.05, 0.1) is 17.5 Å². The number of hydrogen-bond donors (Lipinski definition) is 2. The molecule has 0 bridgehead atoms. The number of aromatic amines is 1. The Labute approximate surface area is 186 Å². The van der Waals surface area contributed by atoms with E-state index in [1.54, 1.807) is 9.25 Å². The molecule has 0 radical (unpaired) electrons. The molecule has 3 aromatic heterocycles. The number of nitrogen functional groups attached to an aromatic ring is 1. The van der Waals surface area contributed by atoms with E-state index in [0.717, 1.165) is 11.4 Å². The van der Waals surface area contributed by atoms with Gasteiger partial charge >= 0.3 is 0 Å². The molecule has 0 saturated carbocycles. The molecule has 1 saturated heterocycles. The molecular formula is C20H30N8O3S. The van der Waals surface area contributed by atoms with Crippen molar-refractivity contribution in [1.29, 1.82) is 0 Å². The number of pyridine rings is 1. The number of aromatic nitrogens is 5. The van der Waals surface area contributed by atoms with Gasteiger partial charge in [-0.1, -0.05) is 13.8 Å². The standard InChI is InChI=1S/C20H30N8O3S/c1-12(2)13(3)28-11-14(18-17(20(28)29)19(21)23-22-18)15-10-16(25(4)24-15)26-6-8-27(9-7-26)32(5,30)31/h10-13H,6-9H2,1-5H3,(H3,21,22,23). The van der Waals surface area contributed by atoms with Crippen LogP contribution in [0.25, 0.3) is 22.2 Å². The molecule has 4 heterocycles. The minimum absolute atomic E-state index is 0.0350. The van der Waals surface area contributed by atoms with Crippen LogP contribution in [0.5, 0.6) is 0 Å². The summed E-state index contributed by atoms with van der Waals surface area (Å²) in [5.74, 6) is 1.30. The van der Waals surface area contributed by atoms with Crippen LogP contribution in [0.4, 0.5) is 11.6 Å². The number of aryl methyl sites for hydroxylation is 1. The van der Waals surface area contributed by atoms with Crippen LogP contribution < -0.4 is 16.2 Å². The maximum Gasteiger partial charge on any atom is 0.264 e. The first kappa shape index (κ1) is 22.3. The monoisotopic (exact) mass is 462 g/mol. The molecule has 174 valence electrons. The van der Waals surface area contributed by atoms with Crippen LogP contribution in [0.2, 0.25) is 0 Å². The van der Waals surface area contributed by atoms with E-state index < -0.39 is 10.0 Å². The first-order valence-corrected chi connectivity index (χ1v) is 12.5. The van der Waals surface area contributed by atoms with Gasteiger partial charge in [-0.3, -0.25) is 14.6 Å². The van der Waals surface area contributed by atoms with Gasteiger partial charge in [0, 0.05) is 57.1 Å². The zero-order valence-corrected chi connectivity index (χ0v) is 19.8. The summed E-state index contributed by atoms with van der Waals surface area (Å²) in [5, 5.41) is 12.0. The first-order valence-electron chi connectivity index (χ1n) is 10.6. The molecule has 3 N–H and O–H groups in total. The summed E-state index contributed by atoms with van der Waals surface area (Å²) in [6.45, 7) is 8.13. The van der Waals surface area contributed by atoms with Gasteiger partial charge < -0.3 is 15.2 Å². The predicted molar refractivity (Wildman–Crippen MR) is 125 cm³/mol. The van der Waals surface area contributed by atoms with Gasteiger partial charge in [0.1, 0.15) is 11.2 Å². The molecular weight excluding hydrogens is 432 g/mol. The Hall–Kier alpha value is -2.86. The minimum Gasteiger partial charge on any atom is -0.382 e. The van der Waals surface area contributed by atoms with Crippen LogP contribution in [0, 0.1) is 5.92 Å². The molecule has 3 aromatic rings. The quantitative estimate of drug-likeness (QED) is 0.577. The van der Waals surface area contributed by atoms with Gasteiger partial charge in [0.25, 0.3) is 5.56 Å². The third-order valence-electron chi connectivity index (χ3n) is 6.35. The maximum absolute atomic E-state index is 13.1. The van der Waals surface area contributed by atoms with Gasteiger partial charge in [-0.05, 0) is 12.8 Å². The molecule has 32 heavy (non-hydrogen) atoms. The number of anilines is 2. The number of hydrogen-bond acceptors (Lipinski definition) is 7. The van der Waals surface area contributed by atoms with Gasteiger partial charge in [-0.2, -0.15) is 14.5 Å². The Morgan fingerprint density at radius 2 is 1.81 bits per heavy atom. The molecule has 1 unspecified atom stereocenters. The number of nitrogens with zero attached hydrogens (tertiary/aromatic N) is 6. The van der Waals surface area contributed by atoms with Crippen molar-refractivity contribution in [3.8, 4) is 11.3 Å². The molecule has 0 spiro atoms. The van der Waals surface area contributed by atoms with Crippen LogP contribution in [-0.4, -0.2) is 69.7 Å². The van der Waals surface area contributed by atoms with Crippen molar-refractivity contribution in [2.75, 3.05) is 43.1 Å². The minimum atomic E-state index is -3.20. The topological polar surface area (TPSA) is 135 Å². The average Bonchev–Trinajstić information content (AvgIpc) is 3.30. The van der Waals surface area contributed by atoms with Gasteiger partial charge in [-0.25, -0.2) is 8.42 Å². The third-order valence-corrected chi connectivity index (χ3v) is 7.65. The highest BCUT2D eigenvalue weighted by atomic mass is 32.2. The Morgan fingerprint density at radius 1 is 1.16 bits per heavy atom. The Bertz CT molecular complexity index is 1310. The number of sulfonamides is 1. The van der Waals surface area contributed by atoms with Crippen molar-refractivity contribution in [1.82, 2.24) is 28.9 Å². The third kappa shape index (κ3) is 3.77. The molecule has 0 aromatic carbocycles. The van der Waals surface area contributed by atoms with Crippen molar-refractivity contribution in [3.05, 3.63) is 22.6 Å². The van der Waals surface area contributed by atoms with Crippen molar-refractivity contribution in [3.63, 3.8) is 0 Å². The molecule has 11 nitrogen and oxygen atoms in total. The summed E-state index contributed by atoms with van der Waals surface area (Å²) in [4.78, 5) is 15.2. The summed E-state index contributed by atoms with van der Waals surface area (Å²) in [6, 6.07) is 1.92. The summed E-state index contributed by atoms with van der Waals surface area (Å²) >= 11 is 0. The lowest BCUT2D eigenvalue weighted by Gasteiger charge is -2.34. The van der Waals surface area contributed by atoms with Gasteiger partial charge in [0.15, 0.2) is 5.82 Å². The van der Waals surface area contributed by atoms with Crippen LogP contribution in [0.1, 0.15) is 26.8 Å². The van der Waals surface area contributed by atoms with Gasteiger partial charge in [0.2, 0.25) is 10.0 Å². The van der Waals surface area contributed by atoms with E-state index in [1.165, 1.54) is 10.6 Å². The zero-order valence-electron chi connectivity index (χ0n) is 19.0. The zero-order chi connectivity index (χ0) is 23.4. The molecule has 1 atom stereocenters.